The molecule has 7 nitrogen and oxygen atoms in total. The number of rotatable bonds is 8. The van der Waals surface area contributed by atoms with Gasteiger partial charge in [0.05, 0.1) is 0 Å². The van der Waals surface area contributed by atoms with Gasteiger partial charge >= 0.3 is 6.03 Å². The molecule has 0 aromatic rings. The van der Waals surface area contributed by atoms with Crippen LogP contribution in [0.2, 0.25) is 0 Å². The maximum atomic E-state index is 12.7. The molecule has 3 fully saturated rings. The van der Waals surface area contributed by atoms with Gasteiger partial charge in [-0.2, -0.15) is 5.01 Å². The molecule has 2 saturated carbocycles. The van der Waals surface area contributed by atoms with E-state index in [2.05, 4.69) is 36.4 Å². The van der Waals surface area contributed by atoms with Crippen LogP contribution in [0.25, 0.3) is 0 Å². The average Bonchev–Trinajstić information content (AvgIpc) is 3.47. The third-order valence-corrected chi connectivity index (χ3v) is 6.71. The number of urea groups is 1. The third kappa shape index (κ3) is 4.28. The molecule has 1 spiro atoms. The molecule has 2 atom stereocenters. The minimum absolute atomic E-state index is 0.270. The number of imide groups is 1. The first-order chi connectivity index (χ1) is 12.9. The van der Waals surface area contributed by atoms with Crippen LogP contribution in [0, 0.1) is 5.92 Å². The Morgan fingerprint density at radius 2 is 1.93 bits per heavy atom. The highest BCUT2D eigenvalue weighted by molar-refractivity contribution is 6.08. The molecule has 1 heterocycles. The lowest BCUT2D eigenvalue weighted by Gasteiger charge is -2.33. The van der Waals surface area contributed by atoms with Gasteiger partial charge in [-0.05, 0) is 38.5 Å². The van der Waals surface area contributed by atoms with Gasteiger partial charge in [0, 0.05) is 25.0 Å². The second kappa shape index (κ2) is 8.17. The summed E-state index contributed by atoms with van der Waals surface area (Å²) in [7, 11) is 0. The van der Waals surface area contributed by atoms with Crippen molar-refractivity contribution >= 4 is 17.8 Å². The number of hydrazine groups is 1. The van der Waals surface area contributed by atoms with Crippen LogP contribution in [0.3, 0.4) is 0 Å². The Balaban J connectivity index is 1.54. The van der Waals surface area contributed by atoms with E-state index in [1.54, 1.807) is 0 Å². The number of carbonyl (C=O) groups excluding carboxylic acids is 3. The van der Waals surface area contributed by atoms with Crippen molar-refractivity contribution in [2.45, 2.75) is 96.2 Å². The van der Waals surface area contributed by atoms with Crippen LogP contribution < -0.4 is 10.7 Å². The van der Waals surface area contributed by atoms with Gasteiger partial charge in [-0.15, -0.1) is 0 Å². The van der Waals surface area contributed by atoms with Crippen LogP contribution in [0.4, 0.5) is 4.79 Å². The van der Waals surface area contributed by atoms with Crippen molar-refractivity contribution in [1.29, 1.82) is 0 Å². The molecule has 2 aliphatic carbocycles. The molecule has 0 bridgehead atoms. The summed E-state index contributed by atoms with van der Waals surface area (Å²) in [6, 6.07) is 0.504. The van der Waals surface area contributed by atoms with E-state index in [1.807, 2.05) is 0 Å². The fourth-order valence-corrected chi connectivity index (χ4v) is 4.42. The number of carbonyl (C=O) groups is 3. The van der Waals surface area contributed by atoms with Gasteiger partial charge in [0.1, 0.15) is 5.54 Å². The summed E-state index contributed by atoms with van der Waals surface area (Å²) >= 11 is 0. The van der Waals surface area contributed by atoms with E-state index in [0.717, 1.165) is 30.7 Å². The first-order valence-electron chi connectivity index (χ1n) is 10.6. The quantitative estimate of drug-likeness (QED) is 0.636. The van der Waals surface area contributed by atoms with Crippen molar-refractivity contribution < 1.29 is 14.4 Å². The second-order valence-corrected chi connectivity index (χ2v) is 8.59. The molecular formula is C20H34N4O3. The monoisotopic (exact) mass is 378 g/mol. The molecule has 0 radical (unpaired) electrons. The van der Waals surface area contributed by atoms with Gasteiger partial charge in [0.2, 0.25) is 5.91 Å². The smallest absolute Gasteiger partial charge is 0.322 e. The molecule has 1 aliphatic heterocycles. The lowest BCUT2D eigenvalue weighted by Crippen LogP contribution is -2.51. The standard InChI is InChI=1S/C20H34N4O3/c1-4-14(2)15(3)23(16-8-9-16)13-10-17(25)22-24-18(26)20(21-19(24)27)11-6-5-7-12-20/h14-16H,4-13H2,1-3H3,(H,21,27)(H,22,25). The van der Waals surface area contributed by atoms with Gasteiger partial charge < -0.3 is 5.32 Å². The van der Waals surface area contributed by atoms with Crippen LogP contribution in [0.5, 0.6) is 0 Å². The Bertz CT molecular complexity index is 584. The number of nitrogens with one attached hydrogen (secondary N) is 2. The SMILES string of the molecule is CCC(C)C(C)N(CCC(=O)NN1C(=O)NC2(CCCCC2)C1=O)C1CC1. The summed E-state index contributed by atoms with van der Waals surface area (Å²) in [5.74, 6) is 0.00620. The molecule has 7 heteroatoms. The maximum absolute atomic E-state index is 12.7. The third-order valence-electron chi connectivity index (χ3n) is 6.71. The zero-order chi connectivity index (χ0) is 19.6. The van der Waals surface area contributed by atoms with E-state index in [0.29, 0.717) is 43.8 Å². The average molecular weight is 379 g/mol. The molecule has 2 unspecified atom stereocenters. The molecule has 152 valence electrons. The fourth-order valence-electron chi connectivity index (χ4n) is 4.42. The number of amides is 4. The van der Waals surface area contributed by atoms with Gasteiger partial charge in [0.15, 0.2) is 0 Å². The van der Waals surface area contributed by atoms with Crippen molar-refractivity contribution in [3.8, 4) is 0 Å². The van der Waals surface area contributed by atoms with Crippen LogP contribution in [0.15, 0.2) is 0 Å². The van der Waals surface area contributed by atoms with E-state index < -0.39 is 11.6 Å². The van der Waals surface area contributed by atoms with Crippen molar-refractivity contribution in [1.82, 2.24) is 20.7 Å². The first-order valence-corrected chi connectivity index (χ1v) is 10.6. The Kier molecular flexibility index (Phi) is 6.08. The highest BCUT2D eigenvalue weighted by Gasteiger charge is 2.52. The molecule has 1 saturated heterocycles. The summed E-state index contributed by atoms with van der Waals surface area (Å²) < 4.78 is 0. The lowest BCUT2D eigenvalue weighted by atomic mass is 9.82. The summed E-state index contributed by atoms with van der Waals surface area (Å²) in [5.41, 5.74) is 1.76. The van der Waals surface area contributed by atoms with E-state index in [-0.39, 0.29) is 11.8 Å². The minimum atomic E-state index is -0.798. The van der Waals surface area contributed by atoms with Crippen LogP contribution in [-0.2, 0) is 9.59 Å². The Labute approximate surface area is 162 Å². The van der Waals surface area contributed by atoms with Crippen molar-refractivity contribution in [2.75, 3.05) is 6.54 Å². The molecule has 3 aliphatic rings. The molecule has 2 N–H and O–H groups in total. The van der Waals surface area contributed by atoms with Gasteiger partial charge in [0.25, 0.3) is 5.91 Å². The molecule has 27 heavy (non-hydrogen) atoms. The van der Waals surface area contributed by atoms with Crippen molar-refractivity contribution in [3.05, 3.63) is 0 Å². The van der Waals surface area contributed by atoms with Crippen LogP contribution in [-0.4, -0.2) is 51.9 Å². The summed E-state index contributed by atoms with van der Waals surface area (Å²) in [6.07, 6.45) is 8.05. The predicted octanol–water partition coefficient (Wildman–Crippen LogP) is 2.56. The Hall–Kier alpha value is -1.63. The summed E-state index contributed by atoms with van der Waals surface area (Å²) in [5, 5.41) is 3.73. The van der Waals surface area contributed by atoms with Crippen LogP contribution in [0.1, 0.15) is 78.6 Å². The highest BCUT2D eigenvalue weighted by atomic mass is 16.2. The van der Waals surface area contributed by atoms with E-state index in [9.17, 15) is 14.4 Å². The van der Waals surface area contributed by atoms with Gasteiger partial charge in [-0.1, -0.05) is 39.5 Å². The first kappa shape index (κ1) is 20.1. The number of hydrogen-bond acceptors (Lipinski definition) is 4. The van der Waals surface area contributed by atoms with Crippen molar-refractivity contribution in [3.63, 3.8) is 0 Å². The molecule has 0 aromatic carbocycles. The zero-order valence-electron chi connectivity index (χ0n) is 16.9. The Morgan fingerprint density at radius 3 is 2.52 bits per heavy atom. The largest absolute Gasteiger partial charge is 0.344 e. The zero-order valence-corrected chi connectivity index (χ0v) is 16.9. The van der Waals surface area contributed by atoms with Crippen molar-refractivity contribution in [2.24, 2.45) is 5.92 Å². The van der Waals surface area contributed by atoms with E-state index >= 15 is 0 Å². The molecule has 0 aromatic heterocycles. The second-order valence-electron chi connectivity index (χ2n) is 8.59. The Morgan fingerprint density at radius 1 is 1.26 bits per heavy atom. The fraction of sp³-hybridized carbons (Fsp3) is 0.850. The van der Waals surface area contributed by atoms with E-state index in [4.69, 9.17) is 0 Å². The summed E-state index contributed by atoms with van der Waals surface area (Å²) in [4.78, 5) is 39.9. The maximum Gasteiger partial charge on any atom is 0.344 e. The van der Waals surface area contributed by atoms with Gasteiger partial charge in [-0.3, -0.25) is 19.9 Å². The molecular weight excluding hydrogens is 344 g/mol. The summed E-state index contributed by atoms with van der Waals surface area (Å²) in [6.45, 7) is 7.33. The predicted molar refractivity (Wildman–Crippen MR) is 103 cm³/mol. The topological polar surface area (TPSA) is 81.8 Å². The van der Waals surface area contributed by atoms with Gasteiger partial charge in [-0.25, -0.2) is 4.79 Å². The molecule has 4 amide bonds. The normalized spacial score (nSPS) is 24.2. The number of hydrogen-bond donors (Lipinski definition) is 2. The lowest BCUT2D eigenvalue weighted by molar-refractivity contribution is -0.140. The highest BCUT2D eigenvalue weighted by Crippen LogP contribution is 2.33. The minimum Gasteiger partial charge on any atom is -0.322 e. The van der Waals surface area contributed by atoms with Crippen LogP contribution >= 0.6 is 0 Å². The number of nitrogens with zero attached hydrogens (tertiary/aromatic N) is 2. The van der Waals surface area contributed by atoms with E-state index in [1.165, 1.54) is 12.8 Å². The molecule has 3 rings (SSSR count).